The van der Waals surface area contributed by atoms with E-state index in [-0.39, 0.29) is 11.5 Å². The standard InChI is InChI=1S/C20H23F3N4O2S/c21-20(22,23)16-3-1-15(2-4-16)18(28)26-5-7-27(8-6-26)19-24-17(14-30-19)13-25-9-11-29-12-10-25/h1-4,14H,5-13H2. The molecule has 2 saturated heterocycles. The zero-order valence-electron chi connectivity index (χ0n) is 16.4. The van der Waals surface area contributed by atoms with Gasteiger partial charge in [-0.2, -0.15) is 13.2 Å². The number of benzene rings is 1. The van der Waals surface area contributed by atoms with Gasteiger partial charge in [0.05, 0.1) is 24.5 Å². The van der Waals surface area contributed by atoms with E-state index in [1.807, 2.05) is 0 Å². The minimum atomic E-state index is -4.40. The van der Waals surface area contributed by atoms with Gasteiger partial charge in [-0.3, -0.25) is 9.69 Å². The van der Waals surface area contributed by atoms with E-state index in [2.05, 4.69) is 15.2 Å². The van der Waals surface area contributed by atoms with Crippen LogP contribution in [0.4, 0.5) is 18.3 Å². The fourth-order valence-corrected chi connectivity index (χ4v) is 4.46. The van der Waals surface area contributed by atoms with Crippen LogP contribution in [0.3, 0.4) is 0 Å². The van der Waals surface area contributed by atoms with Crippen LogP contribution in [0.1, 0.15) is 21.6 Å². The number of halogens is 3. The molecular formula is C20H23F3N4O2S. The van der Waals surface area contributed by atoms with E-state index in [0.717, 1.165) is 55.8 Å². The number of ether oxygens (including phenoxy) is 1. The molecule has 0 atom stereocenters. The molecule has 2 fully saturated rings. The number of aromatic nitrogens is 1. The van der Waals surface area contributed by atoms with Crippen molar-refractivity contribution in [1.29, 1.82) is 0 Å². The molecule has 0 aliphatic carbocycles. The maximum atomic E-state index is 12.7. The number of morpholine rings is 1. The number of thiazole rings is 1. The first-order chi connectivity index (χ1) is 14.4. The summed E-state index contributed by atoms with van der Waals surface area (Å²) < 4.78 is 43.5. The summed E-state index contributed by atoms with van der Waals surface area (Å²) in [5.74, 6) is -0.240. The summed E-state index contributed by atoms with van der Waals surface area (Å²) >= 11 is 1.60. The normalized spacial score (nSPS) is 18.6. The van der Waals surface area contributed by atoms with Crippen LogP contribution in [-0.4, -0.2) is 73.2 Å². The second kappa shape index (κ2) is 8.91. The van der Waals surface area contributed by atoms with E-state index >= 15 is 0 Å². The Morgan fingerprint density at radius 2 is 1.70 bits per heavy atom. The molecule has 1 aromatic carbocycles. The van der Waals surface area contributed by atoms with Gasteiger partial charge in [0.15, 0.2) is 5.13 Å². The molecule has 1 amide bonds. The molecule has 0 bridgehead atoms. The van der Waals surface area contributed by atoms with Gasteiger partial charge in [0.1, 0.15) is 0 Å². The molecule has 0 N–H and O–H groups in total. The second-order valence-electron chi connectivity index (χ2n) is 7.36. The van der Waals surface area contributed by atoms with Gasteiger partial charge in [0.2, 0.25) is 0 Å². The summed E-state index contributed by atoms with van der Waals surface area (Å²) in [4.78, 5) is 23.5. The highest BCUT2D eigenvalue weighted by atomic mass is 32.1. The smallest absolute Gasteiger partial charge is 0.379 e. The predicted molar refractivity (Wildman–Crippen MR) is 108 cm³/mol. The van der Waals surface area contributed by atoms with Crippen molar-refractivity contribution < 1.29 is 22.7 Å². The van der Waals surface area contributed by atoms with Crippen LogP contribution in [0.15, 0.2) is 29.6 Å². The number of hydrogen-bond donors (Lipinski definition) is 0. The van der Waals surface area contributed by atoms with E-state index in [1.165, 1.54) is 12.1 Å². The molecule has 30 heavy (non-hydrogen) atoms. The largest absolute Gasteiger partial charge is 0.416 e. The predicted octanol–water partition coefficient (Wildman–Crippen LogP) is 2.96. The highest BCUT2D eigenvalue weighted by molar-refractivity contribution is 7.13. The molecule has 10 heteroatoms. The number of carbonyl (C=O) groups is 1. The third-order valence-corrected chi connectivity index (χ3v) is 6.28. The highest BCUT2D eigenvalue weighted by Crippen LogP contribution is 2.29. The van der Waals surface area contributed by atoms with Gasteiger partial charge in [-0.25, -0.2) is 4.98 Å². The van der Waals surface area contributed by atoms with Crippen molar-refractivity contribution in [2.75, 3.05) is 57.4 Å². The van der Waals surface area contributed by atoms with Crippen LogP contribution in [-0.2, 0) is 17.5 Å². The summed E-state index contributed by atoms with van der Waals surface area (Å²) in [6, 6.07) is 4.40. The number of anilines is 1. The minimum Gasteiger partial charge on any atom is -0.379 e. The topological polar surface area (TPSA) is 48.9 Å². The monoisotopic (exact) mass is 440 g/mol. The lowest BCUT2D eigenvalue weighted by Gasteiger charge is -2.34. The molecular weight excluding hydrogens is 417 g/mol. The van der Waals surface area contributed by atoms with Crippen molar-refractivity contribution in [2.45, 2.75) is 12.7 Å². The van der Waals surface area contributed by atoms with Crippen molar-refractivity contribution in [2.24, 2.45) is 0 Å². The maximum Gasteiger partial charge on any atom is 0.416 e. The summed E-state index contributed by atoms with van der Waals surface area (Å²) in [7, 11) is 0. The summed E-state index contributed by atoms with van der Waals surface area (Å²) in [5.41, 5.74) is 0.569. The van der Waals surface area contributed by atoms with Crippen molar-refractivity contribution in [1.82, 2.24) is 14.8 Å². The molecule has 0 unspecified atom stereocenters. The van der Waals surface area contributed by atoms with Crippen LogP contribution >= 0.6 is 11.3 Å². The second-order valence-corrected chi connectivity index (χ2v) is 8.20. The number of rotatable bonds is 4. The summed E-state index contributed by atoms with van der Waals surface area (Å²) in [6.07, 6.45) is -4.40. The Labute approximate surface area is 176 Å². The SMILES string of the molecule is O=C(c1ccc(C(F)(F)F)cc1)N1CCN(c2nc(CN3CCOCC3)cs2)CC1. The molecule has 2 aromatic rings. The average molecular weight is 440 g/mol. The molecule has 0 saturated carbocycles. The lowest BCUT2D eigenvalue weighted by atomic mass is 10.1. The van der Waals surface area contributed by atoms with Gasteiger partial charge in [0, 0.05) is 56.8 Å². The van der Waals surface area contributed by atoms with Gasteiger partial charge < -0.3 is 14.5 Å². The Bertz CT molecular complexity index is 858. The molecule has 3 heterocycles. The number of hydrogen-bond acceptors (Lipinski definition) is 6. The van der Waals surface area contributed by atoms with Crippen molar-refractivity contribution in [3.05, 3.63) is 46.5 Å². The third-order valence-electron chi connectivity index (χ3n) is 5.33. The Kier molecular flexibility index (Phi) is 6.26. The number of alkyl halides is 3. The van der Waals surface area contributed by atoms with Gasteiger partial charge in [-0.05, 0) is 24.3 Å². The van der Waals surface area contributed by atoms with Crippen molar-refractivity contribution in [3.8, 4) is 0 Å². The van der Waals surface area contributed by atoms with Crippen molar-refractivity contribution in [3.63, 3.8) is 0 Å². The van der Waals surface area contributed by atoms with Gasteiger partial charge in [0.25, 0.3) is 5.91 Å². The third kappa shape index (κ3) is 4.93. The molecule has 162 valence electrons. The van der Waals surface area contributed by atoms with Gasteiger partial charge in [-0.1, -0.05) is 0 Å². The Morgan fingerprint density at radius 1 is 1.03 bits per heavy atom. The zero-order valence-corrected chi connectivity index (χ0v) is 17.2. The first-order valence-corrected chi connectivity index (χ1v) is 10.7. The van der Waals surface area contributed by atoms with Crippen LogP contribution in [0.5, 0.6) is 0 Å². The Morgan fingerprint density at radius 3 is 2.33 bits per heavy atom. The minimum absolute atomic E-state index is 0.240. The fourth-order valence-electron chi connectivity index (χ4n) is 3.59. The molecule has 2 aliphatic rings. The maximum absolute atomic E-state index is 12.7. The van der Waals surface area contributed by atoms with Crippen LogP contribution in [0.2, 0.25) is 0 Å². The van der Waals surface area contributed by atoms with E-state index in [1.54, 1.807) is 16.2 Å². The highest BCUT2D eigenvalue weighted by Gasteiger charge is 2.31. The molecule has 4 rings (SSSR count). The van der Waals surface area contributed by atoms with E-state index < -0.39 is 11.7 Å². The zero-order chi connectivity index (χ0) is 21.1. The quantitative estimate of drug-likeness (QED) is 0.732. The van der Waals surface area contributed by atoms with Gasteiger partial charge >= 0.3 is 6.18 Å². The van der Waals surface area contributed by atoms with Crippen LogP contribution in [0, 0.1) is 0 Å². The van der Waals surface area contributed by atoms with Gasteiger partial charge in [-0.15, -0.1) is 11.3 Å². The number of piperazine rings is 1. The molecule has 1 aromatic heterocycles. The fraction of sp³-hybridized carbons (Fsp3) is 0.500. The molecule has 6 nitrogen and oxygen atoms in total. The first-order valence-electron chi connectivity index (χ1n) is 9.86. The first kappa shape index (κ1) is 21.1. The summed E-state index contributed by atoms with van der Waals surface area (Å²) in [6.45, 7) is 6.48. The van der Waals surface area contributed by atoms with Crippen LogP contribution < -0.4 is 4.90 Å². The molecule has 0 spiro atoms. The molecule has 2 aliphatic heterocycles. The number of nitrogens with zero attached hydrogens (tertiary/aromatic N) is 4. The lowest BCUT2D eigenvalue weighted by molar-refractivity contribution is -0.137. The van der Waals surface area contributed by atoms with E-state index in [4.69, 9.17) is 9.72 Å². The number of carbonyl (C=O) groups excluding carboxylic acids is 1. The Hall–Kier alpha value is -2.17. The van der Waals surface area contributed by atoms with Crippen molar-refractivity contribution >= 4 is 22.4 Å². The van der Waals surface area contributed by atoms with E-state index in [9.17, 15) is 18.0 Å². The van der Waals surface area contributed by atoms with Crippen LogP contribution in [0.25, 0.3) is 0 Å². The number of amides is 1. The Balaban J connectivity index is 1.31. The summed E-state index contributed by atoms with van der Waals surface area (Å²) in [5, 5.41) is 3.02. The average Bonchev–Trinajstić information content (AvgIpc) is 3.22. The lowest BCUT2D eigenvalue weighted by Crippen LogP contribution is -2.48. The molecule has 0 radical (unpaired) electrons. The van der Waals surface area contributed by atoms with E-state index in [0.29, 0.717) is 26.2 Å².